The summed E-state index contributed by atoms with van der Waals surface area (Å²) in [7, 11) is 0. The monoisotopic (exact) mass is 404 g/mol. The standard InChI is InChI=1S/C14H18Br2N2O2/c15-9-7-11(16)12(17-8-9)13(14(19)20)18-10-5-3-1-2-4-6-10/h7-8,10,13,18H,1-6H2,(H,19,20). The molecule has 0 radical (unpaired) electrons. The van der Waals surface area contributed by atoms with Gasteiger partial charge in [-0.25, -0.2) is 0 Å². The van der Waals surface area contributed by atoms with Crippen LogP contribution in [0.1, 0.15) is 50.3 Å². The molecule has 1 aromatic rings. The number of aromatic nitrogens is 1. The lowest BCUT2D eigenvalue weighted by Crippen LogP contribution is -2.37. The van der Waals surface area contributed by atoms with Crippen LogP contribution in [-0.2, 0) is 4.79 Å². The number of carbonyl (C=O) groups is 1. The van der Waals surface area contributed by atoms with E-state index in [2.05, 4.69) is 42.2 Å². The van der Waals surface area contributed by atoms with Crippen LogP contribution in [0.25, 0.3) is 0 Å². The van der Waals surface area contributed by atoms with Crippen molar-refractivity contribution in [2.75, 3.05) is 0 Å². The second-order valence-electron chi connectivity index (χ2n) is 5.15. The first-order valence-electron chi connectivity index (χ1n) is 6.87. The third-order valence-corrected chi connectivity index (χ3v) is 4.68. The van der Waals surface area contributed by atoms with E-state index in [1.807, 2.05) is 6.07 Å². The number of nitrogens with one attached hydrogen (secondary N) is 1. The maximum atomic E-state index is 11.6. The minimum absolute atomic E-state index is 0.260. The van der Waals surface area contributed by atoms with Crippen LogP contribution in [0.15, 0.2) is 21.2 Å². The number of nitrogens with zero attached hydrogens (tertiary/aromatic N) is 1. The normalized spacial score (nSPS) is 18.5. The van der Waals surface area contributed by atoms with E-state index >= 15 is 0 Å². The van der Waals surface area contributed by atoms with E-state index in [1.165, 1.54) is 25.7 Å². The summed E-state index contributed by atoms with van der Waals surface area (Å²) in [6, 6.07) is 1.32. The molecule has 1 aromatic heterocycles. The zero-order valence-corrected chi connectivity index (χ0v) is 14.3. The third-order valence-electron chi connectivity index (χ3n) is 3.61. The van der Waals surface area contributed by atoms with Gasteiger partial charge in [0.15, 0.2) is 0 Å². The van der Waals surface area contributed by atoms with Gasteiger partial charge in [0.1, 0.15) is 6.04 Å². The SMILES string of the molecule is O=C(O)C(NC1CCCCCC1)c1ncc(Br)cc1Br. The lowest BCUT2D eigenvalue weighted by molar-refractivity contribution is -0.140. The van der Waals surface area contributed by atoms with E-state index in [0.29, 0.717) is 10.2 Å². The van der Waals surface area contributed by atoms with Crippen LogP contribution in [-0.4, -0.2) is 22.1 Å². The molecule has 1 aliphatic carbocycles. The van der Waals surface area contributed by atoms with Crippen molar-refractivity contribution in [3.8, 4) is 0 Å². The Morgan fingerprint density at radius 2 is 1.95 bits per heavy atom. The minimum atomic E-state index is -0.884. The minimum Gasteiger partial charge on any atom is -0.480 e. The van der Waals surface area contributed by atoms with Crippen LogP contribution in [0.3, 0.4) is 0 Å². The van der Waals surface area contributed by atoms with Gasteiger partial charge in [0.25, 0.3) is 0 Å². The smallest absolute Gasteiger partial charge is 0.327 e. The Morgan fingerprint density at radius 1 is 1.30 bits per heavy atom. The average molecular weight is 406 g/mol. The Labute approximate surface area is 135 Å². The van der Waals surface area contributed by atoms with Crippen molar-refractivity contribution in [3.05, 3.63) is 26.9 Å². The predicted molar refractivity (Wildman–Crippen MR) is 84.6 cm³/mol. The van der Waals surface area contributed by atoms with Crippen LogP contribution in [0.5, 0.6) is 0 Å². The first-order valence-corrected chi connectivity index (χ1v) is 8.46. The fraction of sp³-hybridized carbons (Fsp3) is 0.571. The van der Waals surface area contributed by atoms with E-state index in [-0.39, 0.29) is 6.04 Å². The summed E-state index contributed by atoms with van der Waals surface area (Å²) in [6.45, 7) is 0. The molecule has 0 aromatic carbocycles. The predicted octanol–water partition coefficient (Wildman–Crippen LogP) is 4.04. The summed E-state index contributed by atoms with van der Waals surface area (Å²) in [4.78, 5) is 15.8. The van der Waals surface area contributed by atoms with Gasteiger partial charge in [-0.2, -0.15) is 0 Å². The molecule has 0 amide bonds. The molecule has 0 bridgehead atoms. The van der Waals surface area contributed by atoms with Crippen molar-refractivity contribution in [2.24, 2.45) is 0 Å². The molecule has 1 heterocycles. The van der Waals surface area contributed by atoms with Crippen LogP contribution >= 0.6 is 31.9 Å². The van der Waals surface area contributed by atoms with E-state index in [9.17, 15) is 9.90 Å². The lowest BCUT2D eigenvalue weighted by Gasteiger charge is -2.22. The number of hydrogen-bond acceptors (Lipinski definition) is 3. The van der Waals surface area contributed by atoms with Gasteiger partial charge in [0.05, 0.1) is 5.69 Å². The Bertz CT molecular complexity index is 474. The summed E-state index contributed by atoms with van der Waals surface area (Å²) in [5, 5.41) is 12.8. The maximum absolute atomic E-state index is 11.6. The molecule has 1 aliphatic rings. The number of rotatable bonds is 4. The maximum Gasteiger partial charge on any atom is 0.327 e. The molecular weight excluding hydrogens is 388 g/mol. The average Bonchev–Trinajstić information content (AvgIpc) is 2.65. The second kappa shape index (κ2) is 7.52. The highest BCUT2D eigenvalue weighted by molar-refractivity contribution is 9.11. The number of hydrogen-bond donors (Lipinski definition) is 2. The topological polar surface area (TPSA) is 62.2 Å². The van der Waals surface area contributed by atoms with Gasteiger partial charge in [0, 0.05) is 21.2 Å². The van der Waals surface area contributed by atoms with Gasteiger partial charge >= 0.3 is 5.97 Å². The van der Waals surface area contributed by atoms with E-state index in [0.717, 1.165) is 17.3 Å². The third kappa shape index (κ3) is 4.27. The zero-order chi connectivity index (χ0) is 14.5. The van der Waals surface area contributed by atoms with Gasteiger partial charge in [0.2, 0.25) is 0 Å². The molecular formula is C14H18Br2N2O2. The molecule has 4 nitrogen and oxygen atoms in total. The van der Waals surface area contributed by atoms with Gasteiger partial charge in [-0.3, -0.25) is 15.1 Å². The van der Waals surface area contributed by atoms with Crippen LogP contribution in [0, 0.1) is 0 Å². The van der Waals surface area contributed by atoms with E-state index in [1.54, 1.807) is 6.20 Å². The second-order valence-corrected chi connectivity index (χ2v) is 6.92. The highest BCUT2D eigenvalue weighted by Crippen LogP contribution is 2.27. The molecule has 2 rings (SSSR count). The van der Waals surface area contributed by atoms with E-state index in [4.69, 9.17) is 0 Å². The van der Waals surface area contributed by atoms with Crippen molar-refractivity contribution in [3.63, 3.8) is 0 Å². The number of carboxylic acid groups (broad SMARTS) is 1. The first kappa shape index (κ1) is 15.9. The van der Waals surface area contributed by atoms with Crippen molar-refractivity contribution in [1.29, 1.82) is 0 Å². The molecule has 2 N–H and O–H groups in total. The molecule has 1 saturated carbocycles. The van der Waals surface area contributed by atoms with Crippen molar-refractivity contribution >= 4 is 37.8 Å². The van der Waals surface area contributed by atoms with Crippen LogP contribution in [0.4, 0.5) is 0 Å². The summed E-state index contributed by atoms with van der Waals surface area (Å²) in [6.07, 6.45) is 8.53. The molecule has 6 heteroatoms. The summed E-state index contributed by atoms with van der Waals surface area (Å²) in [5.41, 5.74) is 0.532. The Kier molecular flexibility index (Phi) is 5.99. The molecule has 0 aliphatic heterocycles. The number of halogens is 2. The van der Waals surface area contributed by atoms with Gasteiger partial charge < -0.3 is 5.11 Å². The summed E-state index contributed by atoms with van der Waals surface area (Å²) in [5.74, 6) is -0.884. The fourth-order valence-corrected chi connectivity index (χ4v) is 3.80. The lowest BCUT2D eigenvalue weighted by atomic mass is 10.1. The summed E-state index contributed by atoms with van der Waals surface area (Å²) >= 11 is 6.73. The molecule has 0 saturated heterocycles. The molecule has 1 atom stereocenters. The fourth-order valence-electron chi connectivity index (χ4n) is 2.59. The number of carboxylic acids is 1. The van der Waals surface area contributed by atoms with Crippen molar-refractivity contribution in [2.45, 2.75) is 50.6 Å². The highest BCUT2D eigenvalue weighted by atomic mass is 79.9. The largest absolute Gasteiger partial charge is 0.480 e. The highest BCUT2D eigenvalue weighted by Gasteiger charge is 2.27. The van der Waals surface area contributed by atoms with Gasteiger partial charge in [-0.1, -0.05) is 25.7 Å². The molecule has 0 spiro atoms. The number of aliphatic carboxylic acids is 1. The molecule has 110 valence electrons. The van der Waals surface area contributed by atoms with Gasteiger partial charge in [-0.15, -0.1) is 0 Å². The molecule has 1 fully saturated rings. The quantitative estimate of drug-likeness (QED) is 0.742. The first-order chi connectivity index (χ1) is 9.58. The van der Waals surface area contributed by atoms with Crippen molar-refractivity contribution in [1.82, 2.24) is 10.3 Å². The molecule has 1 unspecified atom stereocenters. The van der Waals surface area contributed by atoms with Crippen LogP contribution < -0.4 is 5.32 Å². The van der Waals surface area contributed by atoms with Crippen LogP contribution in [0.2, 0.25) is 0 Å². The Hall–Kier alpha value is -0.460. The Balaban J connectivity index is 2.15. The van der Waals surface area contributed by atoms with Gasteiger partial charge in [-0.05, 0) is 50.8 Å². The molecule has 20 heavy (non-hydrogen) atoms. The Morgan fingerprint density at radius 3 is 2.50 bits per heavy atom. The van der Waals surface area contributed by atoms with Crippen molar-refractivity contribution < 1.29 is 9.90 Å². The zero-order valence-electron chi connectivity index (χ0n) is 11.1. The summed E-state index contributed by atoms with van der Waals surface area (Å²) < 4.78 is 1.53. The van der Waals surface area contributed by atoms with E-state index < -0.39 is 12.0 Å². The number of pyridine rings is 1.